The molecule has 1 aromatic carbocycles. The second-order valence-corrected chi connectivity index (χ2v) is 5.82. The molecule has 1 N–H and O–H groups in total. The van der Waals surface area contributed by atoms with E-state index in [0.717, 1.165) is 17.8 Å². The van der Waals surface area contributed by atoms with Crippen molar-refractivity contribution in [2.75, 3.05) is 11.9 Å². The number of nitrogens with zero attached hydrogens (tertiary/aromatic N) is 1. The standard InChI is InChI=1S/C16H22N2/c1-6-17-15-9-11(2)18-14-8-7-12(10-13(14)15)16(3,4)5/h7-10H,6H2,1-5H3,(H,17,18). The van der Waals surface area contributed by atoms with Gasteiger partial charge in [0.25, 0.3) is 0 Å². The summed E-state index contributed by atoms with van der Waals surface area (Å²) in [5.41, 5.74) is 4.83. The van der Waals surface area contributed by atoms with E-state index >= 15 is 0 Å². The van der Waals surface area contributed by atoms with Gasteiger partial charge in [0, 0.05) is 23.3 Å². The van der Waals surface area contributed by atoms with Gasteiger partial charge in [-0.15, -0.1) is 0 Å². The normalized spacial score (nSPS) is 11.8. The van der Waals surface area contributed by atoms with Crippen LogP contribution in [-0.4, -0.2) is 11.5 Å². The SMILES string of the molecule is CCNc1cc(C)nc2ccc(C(C)(C)C)cc12. The van der Waals surface area contributed by atoms with Crippen molar-refractivity contribution in [2.24, 2.45) is 0 Å². The number of fused-ring (bicyclic) bond motifs is 1. The molecule has 2 rings (SSSR count). The van der Waals surface area contributed by atoms with E-state index in [1.54, 1.807) is 0 Å². The highest BCUT2D eigenvalue weighted by Gasteiger charge is 2.15. The van der Waals surface area contributed by atoms with Gasteiger partial charge in [0.05, 0.1) is 5.52 Å². The van der Waals surface area contributed by atoms with Crippen molar-refractivity contribution in [1.82, 2.24) is 4.98 Å². The summed E-state index contributed by atoms with van der Waals surface area (Å²) in [6.45, 7) is 11.8. The van der Waals surface area contributed by atoms with Gasteiger partial charge in [-0.3, -0.25) is 4.98 Å². The number of anilines is 1. The molecule has 0 atom stereocenters. The average molecular weight is 242 g/mol. The van der Waals surface area contributed by atoms with Crippen molar-refractivity contribution in [3.8, 4) is 0 Å². The number of benzene rings is 1. The van der Waals surface area contributed by atoms with Crippen LogP contribution in [-0.2, 0) is 5.41 Å². The lowest BCUT2D eigenvalue weighted by Gasteiger charge is -2.20. The maximum atomic E-state index is 4.60. The van der Waals surface area contributed by atoms with Crippen LogP contribution < -0.4 is 5.32 Å². The predicted molar refractivity (Wildman–Crippen MR) is 79.3 cm³/mol. The van der Waals surface area contributed by atoms with Crippen molar-refractivity contribution >= 4 is 16.6 Å². The monoisotopic (exact) mass is 242 g/mol. The Balaban J connectivity index is 2.66. The van der Waals surface area contributed by atoms with Gasteiger partial charge in [-0.05, 0) is 43.0 Å². The molecule has 0 fully saturated rings. The molecule has 0 aliphatic carbocycles. The summed E-state index contributed by atoms with van der Waals surface area (Å²) >= 11 is 0. The van der Waals surface area contributed by atoms with Gasteiger partial charge < -0.3 is 5.32 Å². The molecule has 2 nitrogen and oxygen atoms in total. The zero-order valence-corrected chi connectivity index (χ0v) is 12.0. The first kappa shape index (κ1) is 12.9. The molecule has 0 radical (unpaired) electrons. The third kappa shape index (κ3) is 2.47. The van der Waals surface area contributed by atoms with Crippen LogP contribution >= 0.6 is 0 Å². The third-order valence-corrected chi connectivity index (χ3v) is 3.17. The third-order valence-electron chi connectivity index (χ3n) is 3.17. The molecule has 0 saturated carbocycles. The van der Waals surface area contributed by atoms with Crippen molar-refractivity contribution in [1.29, 1.82) is 0 Å². The fraction of sp³-hybridized carbons (Fsp3) is 0.438. The minimum absolute atomic E-state index is 0.169. The first-order valence-electron chi connectivity index (χ1n) is 6.57. The molecule has 96 valence electrons. The van der Waals surface area contributed by atoms with Crippen molar-refractivity contribution in [3.63, 3.8) is 0 Å². The zero-order valence-electron chi connectivity index (χ0n) is 12.0. The number of rotatable bonds is 2. The van der Waals surface area contributed by atoms with Crippen LogP contribution in [0.15, 0.2) is 24.3 Å². The molecular formula is C16H22N2. The average Bonchev–Trinajstić information content (AvgIpc) is 2.27. The van der Waals surface area contributed by atoms with E-state index in [-0.39, 0.29) is 5.41 Å². The van der Waals surface area contributed by atoms with Crippen LogP contribution in [0.2, 0.25) is 0 Å². The second kappa shape index (κ2) is 4.60. The van der Waals surface area contributed by atoms with E-state index in [2.05, 4.69) is 62.3 Å². The Morgan fingerprint density at radius 1 is 1.17 bits per heavy atom. The Morgan fingerprint density at radius 2 is 1.89 bits per heavy atom. The van der Waals surface area contributed by atoms with Gasteiger partial charge in [0.15, 0.2) is 0 Å². The molecule has 0 spiro atoms. The number of aromatic nitrogens is 1. The second-order valence-electron chi connectivity index (χ2n) is 5.82. The number of nitrogens with one attached hydrogen (secondary N) is 1. The largest absolute Gasteiger partial charge is 0.385 e. The lowest BCUT2D eigenvalue weighted by atomic mass is 9.86. The summed E-state index contributed by atoms with van der Waals surface area (Å²) < 4.78 is 0. The minimum atomic E-state index is 0.169. The van der Waals surface area contributed by atoms with E-state index in [4.69, 9.17) is 0 Å². The summed E-state index contributed by atoms with van der Waals surface area (Å²) in [6, 6.07) is 8.70. The van der Waals surface area contributed by atoms with Crippen molar-refractivity contribution < 1.29 is 0 Å². The van der Waals surface area contributed by atoms with Crippen molar-refractivity contribution in [2.45, 2.75) is 40.0 Å². The molecule has 0 saturated heterocycles. The molecule has 1 heterocycles. The van der Waals surface area contributed by atoms with Gasteiger partial charge >= 0.3 is 0 Å². The quantitative estimate of drug-likeness (QED) is 0.850. The maximum absolute atomic E-state index is 4.60. The number of aryl methyl sites for hydroxylation is 1. The maximum Gasteiger partial charge on any atom is 0.0726 e. The summed E-state index contributed by atoms with van der Waals surface area (Å²) in [5, 5.41) is 4.65. The van der Waals surface area contributed by atoms with Gasteiger partial charge in [-0.1, -0.05) is 26.8 Å². The Hall–Kier alpha value is -1.57. The fourth-order valence-corrected chi connectivity index (χ4v) is 2.16. The molecule has 0 aliphatic rings. The Labute approximate surface area is 109 Å². The fourth-order valence-electron chi connectivity index (χ4n) is 2.16. The van der Waals surface area contributed by atoms with Gasteiger partial charge in [0.1, 0.15) is 0 Å². The first-order valence-corrected chi connectivity index (χ1v) is 6.57. The van der Waals surface area contributed by atoms with Gasteiger partial charge in [-0.2, -0.15) is 0 Å². The molecule has 2 aromatic rings. The summed E-state index contributed by atoms with van der Waals surface area (Å²) in [4.78, 5) is 4.60. The molecule has 2 heteroatoms. The zero-order chi connectivity index (χ0) is 13.3. The van der Waals surface area contributed by atoms with Crippen LogP contribution in [0.5, 0.6) is 0 Å². The van der Waals surface area contributed by atoms with E-state index in [1.165, 1.54) is 16.6 Å². The predicted octanol–water partition coefficient (Wildman–Crippen LogP) is 4.27. The van der Waals surface area contributed by atoms with Gasteiger partial charge in [0.2, 0.25) is 0 Å². The molecule has 1 aromatic heterocycles. The lowest BCUT2D eigenvalue weighted by molar-refractivity contribution is 0.591. The molecule has 0 aliphatic heterocycles. The Bertz CT molecular complexity index is 565. The Kier molecular flexibility index (Phi) is 3.29. The molecule has 0 amide bonds. The summed E-state index contributed by atoms with van der Waals surface area (Å²) in [7, 11) is 0. The van der Waals surface area contributed by atoms with Crippen molar-refractivity contribution in [3.05, 3.63) is 35.5 Å². The minimum Gasteiger partial charge on any atom is -0.385 e. The van der Waals surface area contributed by atoms with Gasteiger partial charge in [-0.25, -0.2) is 0 Å². The number of pyridine rings is 1. The van der Waals surface area contributed by atoms with E-state index in [0.29, 0.717) is 0 Å². The Morgan fingerprint density at radius 3 is 2.50 bits per heavy atom. The highest BCUT2D eigenvalue weighted by Crippen LogP contribution is 2.29. The van der Waals surface area contributed by atoms with E-state index in [9.17, 15) is 0 Å². The van der Waals surface area contributed by atoms with E-state index in [1.807, 2.05) is 6.92 Å². The van der Waals surface area contributed by atoms with Crippen LogP contribution in [0, 0.1) is 6.92 Å². The van der Waals surface area contributed by atoms with Crippen LogP contribution in [0.1, 0.15) is 39.0 Å². The van der Waals surface area contributed by atoms with E-state index < -0.39 is 0 Å². The highest BCUT2D eigenvalue weighted by atomic mass is 14.9. The van der Waals surface area contributed by atoms with Crippen LogP contribution in [0.3, 0.4) is 0 Å². The first-order chi connectivity index (χ1) is 8.41. The van der Waals surface area contributed by atoms with Crippen LogP contribution in [0.4, 0.5) is 5.69 Å². The molecule has 0 unspecified atom stereocenters. The smallest absolute Gasteiger partial charge is 0.0726 e. The topological polar surface area (TPSA) is 24.9 Å². The molecule has 18 heavy (non-hydrogen) atoms. The van der Waals surface area contributed by atoms with Crippen LogP contribution in [0.25, 0.3) is 10.9 Å². The summed E-state index contributed by atoms with van der Waals surface area (Å²) in [5.74, 6) is 0. The summed E-state index contributed by atoms with van der Waals surface area (Å²) in [6.07, 6.45) is 0. The lowest BCUT2D eigenvalue weighted by Crippen LogP contribution is -2.11. The highest BCUT2D eigenvalue weighted by molar-refractivity contribution is 5.92. The molecule has 0 bridgehead atoms. The number of hydrogen-bond donors (Lipinski definition) is 1. The molecular weight excluding hydrogens is 220 g/mol. The number of hydrogen-bond acceptors (Lipinski definition) is 2.